The van der Waals surface area contributed by atoms with E-state index >= 15 is 0 Å². The number of rotatable bonds is 7. The second-order valence-electron chi connectivity index (χ2n) is 5.21. The molecule has 1 rings (SSSR count). The number of nitrogens with one attached hydrogen (secondary N) is 1. The first-order chi connectivity index (χ1) is 10.2. The van der Waals surface area contributed by atoms with Crippen molar-refractivity contribution in [1.82, 2.24) is 5.32 Å². The minimum atomic E-state index is -4.72. The van der Waals surface area contributed by atoms with E-state index in [1.165, 1.54) is 24.3 Å². The van der Waals surface area contributed by atoms with E-state index in [9.17, 15) is 18.0 Å². The molecule has 1 amide bonds. The van der Waals surface area contributed by atoms with Crippen molar-refractivity contribution < 1.29 is 22.7 Å². The summed E-state index contributed by atoms with van der Waals surface area (Å²) in [4.78, 5) is 11.8. The number of carbonyl (C=O) groups excluding carboxylic acids is 1. The molecule has 0 fully saturated rings. The van der Waals surface area contributed by atoms with Crippen LogP contribution in [0.2, 0.25) is 0 Å². The van der Waals surface area contributed by atoms with E-state index in [1.54, 1.807) is 0 Å². The van der Waals surface area contributed by atoms with Crippen molar-refractivity contribution in [2.24, 2.45) is 5.73 Å². The first-order valence-electron chi connectivity index (χ1n) is 7.07. The Kier molecular flexibility index (Phi) is 8.41. The van der Waals surface area contributed by atoms with Crippen molar-refractivity contribution >= 4 is 18.3 Å². The lowest BCUT2D eigenvalue weighted by Gasteiger charge is -2.26. The lowest BCUT2D eigenvalue weighted by Crippen LogP contribution is -2.49. The molecule has 23 heavy (non-hydrogen) atoms. The van der Waals surface area contributed by atoms with Crippen LogP contribution in [-0.4, -0.2) is 24.4 Å². The van der Waals surface area contributed by atoms with Crippen LogP contribution in [0.15, 0.2) is 24.3 Å². The lowest BCUT2D eigenvalue weighted by molar-refractivity contribution is -0.274. The number of benzene rings is 1. The van der Waals surface area contributed by atoms with Crippen molar-refractivity contribution in [2.75, 3.05) is 6.54 Å². The minimum absolute atomic E-state index is 0. The largest absolute Gasteiger partial charge is 0.573 e. The van der Waals surface area contributed by atoms with Gasteiger partial charge in [0, 0.05) is 12.1 Å². The number of nitrogens with two attached hydrogens (primary N) is 1. The number of halogens is 4. The summed E-state index contributed by atoms with van der Waals surface area (Å²) in [5.41, 5.74) is 6.25. The molecule has 1 aromatic rings. The number of hydrogen-bond acceptors (Lipinski definition) is 3. The van der Waals surface area contributed by atoms with Crippen LogP contribution < -0.4 is 15.8 Å². The van der Waals surface area contributed by atoms with Gasteiger partial charge in [-0.1, -0.05) is 26.0 Å². The highest BCUT2D eigenvalue weighted by molar-refractivity contribution is 5.85. The predicted molar refractivity (Wildman–Crippen MR) is 84.6 cm³/mol. The van der Waals surface area contributed by atoms with Crippen molar-refractivity contribution in [3.8, 4) is 5.75 Å². The van der Waals surface area contributed by atoms with Gasteiger partial charge in [-0.25, -0.2) is 0 Å². The van der Waals surface area contributed by atoms with Crippen LogP contribution in [0.25, 0.3) is 0 Å². The fourth-order valence-electron chi connectivity index (χ4n) is 1.83. The van der Waals surface area contributed by atoms with Gasteiger partial charge in [0.1, 0.15) is 5.75 Å². The molecular weight excluding hydrogens is 333 g/mol. The molecule has 0 radical (unpaired) electrons. The topological polar surface area (TPSA) is 64.3 Å². The number of ether oxygens (including phenoxy) is 1. The predicted octanol–water partition coefficient (Wildman–Crippen LogP) is 3.18. The molecule has 0 unspecified atom stereocenters. The van der Waals surface area contributed by atoms with Crippen molar-refractivity contribution in [1.29, 1.82) is 0 Å². The van der Waals surface area contributed by atoms with Gasteiger partial charge in [0.05, 0.1) is 6.42 Å². The fraction of sp³-hybridized carbons (Fsp3) is 0.533. The SMILES string of the molecule is CCC(N)(CC)CNC(=O)Cc1ccc(OC(F)(F)F)cc1.Cl. The standard InChI is InChI=1S/C15H21F3N2O2.ClH/c1-3-14(19,4-2)10-20-13(21)9-11-5-7-12(8-6-11)22-15(16,17)18;/h5-8H,3-4,9-10,19H2,1-2H3,(H,20,21);1H. The minimum Gasteiger partial charge on any atom is -0.406 e. The highest BCUT2D eigenvalue weighted by Gasteiger charge is 2.31. The number of hydrogen-bond donors (Lipinski definition) is 2. The summed E-state index contributed by atoms with van der Waals surface area (Å²) >= 11 is 0. The van der Waals surface area contributed by atoms with Crippen molar-refractivity contribution in [3.63, 3.8) is 0 Å². The Labute approximate surface area is 140 Å². The molecule has 3 N–H and O–H groups in total. The molecule has 1 aromatic carbocycles. The Bertz CT molecular complexity index is 488. The summed E-state index contributed by atoms with van der Waals surface area (Å²) in [5.74, 6) is -0.532. The van der Waals surface area contributed by atoms with Crippen LogP contribution in [0.1, 0.15) is 32.3 Å². The zero-order valence-corrected chi connectivity index (χ0v) is 13.9. The average Bonchev–Trinajstić information content (AvgIpc) is 2.45. The van der Waals surface area contributed by atoms with E-state index in [0.29, 0.717) is 12.1 Å². The monoisotopic (exact) mass is 354 g/mol. The third kappa shape index (κ3) is 8.08. The van der Waals surface area contributed by atoms with Crippen LogP contribution in [0.4, 0.5) is 13.2 Å². The van der Waals surface area contributed by atoms with Crippen LogP contribution in [0.3, 0.4) is 0 Å². The van der Waals surface area contributed by atoms with Gasteiger partial charge in [0.15, 0.2) is 0 Å². The Balaban J connectivity index is 0.00000484. The van der Waals surface area contributed by atoms with Gasteiger partial charge in [-0.3, -0.25) is 4.79 Å². The molecule has 0 saturated heterocycles. The van der Waals surface area contributed by atoms with E-state index in [1.807, 2.05) is 13.8 Å². The average molecular weight is 355 g/mol. The second-order valence-corrected chi connectivity index (χ2v) is 5.21. The first kappa shape index (κ1) is 21.5. The van der Waals surface area contributed by atoms with E-state index in [-0.39, 0.29) is 30.5 Å². The molecule has 132 valence electrons. The number of amides is 1. The molecule has 4 nitrogen and oxygen atoms in total. The Morgan fingerprint density at radius 1 is 1.17 bits per heavy atom. The number of alkyl halides is 3. The third-order valence-electron chi connectivity index (χ3n) is 3.57. The van der Waals surface area contributed by atoms with Gasteiger partial charge >= 0.3 is 6.36 Å². The van der Waals surface area contributed by atoms with E-state index in [2.05, 4.69) is 10.1 Å². The molecule has 0 heterocycles. The summed E-state index contributed by atoms with van der Waals surface area (Å²) in [5, 5.41) is 2.75. The van der Waals surface area contributed by atoms with E-state index in [4.69, 9.17) is 5.73 Å². The van der Waals surface area contributed by atoms with Crippen molar-refractivity contribution in [2.45, 2.75) is 45.0 Å². The molecular formula is C15H22ClF3N2O2. The summed E-state index contributed by atoms with van der Waals surface area (Å²) in [7, 11) is 0. The summed E-state index contributed by atoms with van der Waals surface area (Å²) in [6.45, 7) is 4.28. The van der Waals surface area contributed by atoms with Crippen LogP contribution in [-0.2, 0) is 11.2 Å². The Morgan fingerprint density at radius 3 is 2.13 bits per heavy atom. The van der Waals surface area contributed by atoms with Crippen LogP contribution in [0.5, 0.6) is 5.75 Å². The molecule has 0 saturated carbocycles. The number of carbonyl (C=O) groups is 1. The smallest absolute Gasteiger partial charge is 0.406 e. The Hall–Kier alpha value is -1.47. The summed E-state index contributed by atoms with van der Waals surface area (Å²) in [6.07, 6.45) is -3.15. The van der Waals surface area contributed by atoms with Crippen molar-refractivity contribution in [3.05, 3.63) is 29.8 Å². The Morgan fingerprint density at radius 2 is 1.70 bits per heavy atom. The molecule has 0 spiro atoms. The first-order valence-corrected chi connectivity index (χ1v) is 7.07. The molecule has 8 heteroatoms. The maximum Gasteiger partial charge on any atom is 0.573 e. The zero-order chi connectivity index (χ0) is 16.8. The van der Waals surface area contributed by atoms with Gasteiger partial charge < -0.3 is 15.8 Å². The molecule has 0 aliphatic rings. The van der Waals surface area contributed by atoms with E-state index < -0.39 is 11.9 Å². The molecule has 0 bridgehead atoms. The highest BCUT2D eigenvalue weighted by Crippen LogP contribution is 2.22. The molecule has 0 aromatic heterocycles. The third-order valence-corrected chi connectivity index (χ3v) is 3.57. The summed E-state index contributed by atoms with van der Waals surface area (Å²) in [6, 6.07) is 5.22. The molecule has 0 aliphatic carbocycles. The van der Waals surface area contributed by atoms with Gasteiger partial charge in [-0.15, -0.1) is 25.6 Å². The zero-order valence-electron chi connectivity index (χ0n) is 13.1. The quantitative estimate of drug-likeness (QED) is 0.790. The fourth-order valence-corrected chi connectivity index (χ4v) is 1.83. The van der Waals surface area contributed by atoms with Gasteiger partial charge in [0.25, 0.3) is 0 Å². The molecule has 0 aliphatic heterocycles. The maximum atomic E-state index is 12.0. The van der Waals surface area contributed by atoms with E-state index in [0.717, 1.165) is 12.8 Å². The van der Waals surface area contributed by atoms with Gasteiger partial charge in [-0.2, -0.15) is 0 Å². The lowest BCUT2D eigenvalue weighted by atomic mass is 9.94. The van der Waals surface area contributed by atoms with Crippen LogP contribution >= 0.6 is 12.4 Å². The van der Waals surface area contributed by atoms with Crippen LogP contribution in [0, 0.1) is 0 Å². The second kappa shape index (κ2) is 8.98. The van der Waals surface area contributed by atoms with Gasteiger partial charge in [-0.05, 0) is 30.5 Å². The highest BCUT2D eigenvalue weighted by atomic mass is 35.5. The van der Waals surface area contributed by atoms with Gasteiger partial charge in [0.2, 0.25) is 5.91 Å². The maximum absolute atomic E-state index is 12.0. The molecule has 0 atom stereocenters. The summed E-state index contributed by atoms with van der Waals surface area (Å²) < 4.78 is 39.9. The normalized spacial score (nSPS) is 11.6.